The topological polar surface area (TPSA) is 52.0 Å². The van der Waals surface area contributed by atoms with Crippen LogP contribution in [0.25, 0.3) is 10.9 Å². The minimum absolute atomic E-state index is 0.181. The number of aromatic nitrogens is 3. The number of benzene rings is 1. The molecule has 0 aliphatic rings. The Morgan fingerprint density at radius 2 is 2.14 bits per heavy atom. The highest BCUT2D eigenvalue weighted by molar-refractivity contribution is 5.79. The predicted molar refractivity (Wildman–Crippen MR) is 86.8 cm³/mol. The van der Waals surface area contributed by atoms with Crippen LogP contribution in [-0.4, -0.2) is 21.9 Å². The third kappa shape index (κ3) is 2.80. The van der Waals surface area contributed by atoms with Gasteiger partial charge in [0.05, 0.1) is 25.0 Å². The van der Waals surface area contributed by atoms with Crippen molar-refractivity contribution in [2.24, 2.45) is 7.05 Å². The molecule has 3 aromatic rings. The lowest BCUT2D eigenvalue weighted by Gasteiger charge is -2.17. The van der Waals surface area contributed by atoms with E-state index in [0.29, 0.717) is 0 Å². The zero-order chi connectivity index (χ0) is 15.5. The second-order valence-corrected chi connectivity index (χ2v) is 5.38. The molecule has 2 heterocycles. The van der Waals surface area contributed by atoms with Gasteiger partial charge in [-0.3, -0.25) is 9.67 Å². The van der Waals surface area contributed by atoms with Crippen molar-refractivity contribution >= 4 is 10.9 Å². The number of nitrogens with zero attached hydrogens (tertiary/aromatic N) is 3. The fourth-order valence-electron chi connectivity index (χ4n) is 2.60. The van der Waals surface area contributed by atoms with Crippen molar-refractivity contribution in [2.45, 2.75) is 19.5 Å². The van der Waals surface area contributed by atoms with Crippen LogP contribution in [0.15, 0.2) is 42.9 Å². The van der Waals surface area contributed by atoms with Gasteiger partial charge in [-0.15, -0.1) is 0 Å². The SMILES string of the molecule is COc1cnccc1C(C)NCc1ccc2cnn(C)c2c1. The fourth-order valence-corrected chi connectivity index (χ4v) is 2.60. The van der Waals surface area contributed by atoms with E-state index in [-0.39, 0.29) is 6.04 Å². The van der Waals surface area contributed by atoms with Gasteiger partial charge < -0.3 is 10.1 Å². The van der Waals surface area contributed by atoms with Crippen LogP contribution < -0.4 is 10.1 Å². The number of rotatable bonds is 5. The number of ether oxygens (including phenoxy) is 1. The average Bonchev–Trinajstić information content (AvgIpc) is 2.93. The summed E-state index contributed by atoms with van der Waals surface area (Å²) in [5.41, 5.74) is 3.49. The first kappa shape index (κ1) is 14.5. The number of fused-ring (bicyclic) bond motifs is 1. The summed E-state index contributed by atoms with van der Waals surface area (Å²) in [6.07, 6.45) is 5.42. The van der Waals surface area contributed by atoms with Crippen LogP contribution in [0.4, 0.5) is 0 Å². The Bertz CT molecular complexity index is 781. The zero-order valence-corrected chi connectivity index (χ0v) is 13.1. The van der Waals surface area contributed by atoms with Gasteiger partial charge in [-0.2, -0.15) is 5.10 Å². The van der Waals surface area contributed by atoms with Gasteiger partial charge in [-0.05, 0) is 24.6 Å². The van der Waals surface area contributed by atoms with Gasteiger partial charge >= 0.3 is 0 Å². The van der Waals surface area contributed by atoms with E-state index in [0.717, 1.165) is 28.8 Å². The second-order valence-electron chi connectivity index (χ2n) is 5.38. The standard InChI is InChI=1S/C17H20N4O/c1-12(15-6-7-18-11-17(15)22-3)19-9-13-4-5-14-10-20-21(2)16(14)8-13/h4-8,10-12,19H,9H2,1-3H3. The van der Waals surface area contributed by atoms with Crippen molar-refractivity contribution in [2.75, 3.05) is 7.11 Å². The smallest absolute Gasteiger partial charge is 0.141 e. The summed E-state index contributed by atoms with van der Waals surface area (Å²) in [7, 11) is 3.63. The molecule has 1 aromatic carbocycles. The van der Waals surface area contributed by atoms with Crippen LogP contribution in [-0.2, 0) is 13.6 Å². The number of hydrogen-bond acceptors (Lipinski definition) is 4. The molecule has 22 heavy (non-hydrogen) atoms. The highest BCUT2D eigenvalue weighted by Gasteiger charge is 2.11. The lowest BCUT2D eigenvalue weighted by molar-refractivity contribution is 0.399. The van der Waals surface area contributed by atoms with Gasteiger partial charge in [0.2, 0.25) is 0 Å². The first-order valence-corrected chi connectivity index (χ1v) is 7.31. The summed E-state index contributed by atoms with van der Waals surface area (Å²) in [6, 6.07) is 8.58. The zero-order valence-electron chi connectivity index (χ0n) is 13.1. The molecule has 0 aliphatic carbocycles. The lowest BCUT2D eigenvalue weighted by atomic mass is 10.1. The Kier molecular flexibility index (Phi) is 4.06. The Hall–Kier alpha value is -2.40. The molecule has 1 N–H and O–H groups in total. The molecule has 0 radical (unpaired) electrons. The number of pyridine rings is 1. The molecule has 0 aliphatic heterocycles. The molecule has 2 aromatic heterocycles. The molecule has 5 nitrogen and oxygen atoms in total. The van der Waals surface area contributed by atoms with Gasteiger partial charge in [0.25, 0.3) is 0 Å². The van der Waals surface area contributed by atoms with Crippen molar-refractivity contribution in [3.8, 4) is 5.75 Å². The highest BCUT2D eigenvalue weighted by atomic mass is 16.5. The molecule has 0 spiro atoms. The minimum atomic E-state index is 0.181. The summed E-state index contributed by atoms with van der Waals surface area (Å²) in [6.45, 7) is 2.91. The van der Waals surface area contributed by atoms with Crippen LogP contribution in [0.5, 0.6) is 5.75 Å². The maximum absolute atomic E-state index is 5.37. The molecule has 0 saturated carbocycles. The summed E-state index contributed by atoms with van der Waals surface area (Å²) in [5.74, 6) is 0.810. The average molecular weight is 296 g/mol. The Morgan fingerprint density at radius 1 is 1.27 bits per heavy atom. The van der Waals surface area contributed by atoms with Crippen molar-refractivity contribution < 1.29 is 4.74 Å². The highest BCUT2D eigenvalue weighted by Crippen LogP contribution is 2.23. The van der Waals surface area contributed by atoms with Crippen molar-refractivity contribution in [1.29, 1.82) is 0 Å². The van der Waals surface area contributed by atoms with Crippen molar-refractivity contribution in [3.63, 3.8) is 0 Å². The second kappa shape index (κ2) is 6.15. The van der Waals surface area contributed by atoms with Crippen LogP contribution in [0, 0.1) is 0 Å². The molecule has 0 saturated heterocycles. The summed E-state index contributed by atoms with van der Waals surface area (Å²) >= 11 is 0. The third-order valence-corrected chi connectivity index (χ3v) is 3.93. The molecule has 114 valence electrons. The van der Waals surface area contributed by atoms with Crippen LogP contribution in [0.2, 0.25) is 0 Å². The molecule has 1 atom stereocenters. The van der Waals surface area contributed by atoms with E-state index >= 15 is 0 Å². The number of hydrogen-bond donors (Lipinski definition) is 1. The monoisotopic (exact) mass is 296 g/mol. The van der Waals surface area contributed by atoms with Gasteiger partial charge in [0.1, 0.15) is 5.75 Å². The molecular weight excluding hydrogens is 276 g/mol. The van der Waals surface area contributed by atoms with E-state index in [1.54, 1.807) is 19.5 Å². The molecule has 5 heteroatoms. The van der Waals surface area contributed by atoms with Gasteiger partial charge in [0, 0.05) is 36.8 Å². The first-order chi connectivity index (χ1) is 10.7. The predicted octanol–water partition coefficient (Wildman–Crippen LogP) is 2.83. The third-order valence-electron chi connectivity index (χ3n) is 3.93. The fraction of sp³-hybridized carbons (Fsp3) is 0.294. The Labute approximate surface area is 129 Å². The number of aryl methyl sites for hydroxylation is 1. The Balaban J connectivity index is 1.74. The van der Waals surface area contributed by atoms with Crippen molar-refractivity contribution in [3.05, 3.63) is 54.0 Å². The number of nitrogens with one attached hydrogen (secondary N) is 1. The van der Waals surface area contributed by atoms with E-state index in [1.165, 1.54) is 5.56 Å². The maximum Gasteiger partial charge on any atom is 0.141 e. The van der Waals surface area contributed by atoms with Gasteiger partial charge in [-0.25, -0.2) is 0 Å². The van der Waals surface area contributed by atoms with Crippen LogP contribution in [0.3, 0.4) is 0 Å². The van der Waals surface area contributed by atoms with E-state index in [1.807, 2.05) is 24.0 Å². The molecule has 3 rings (SSSR count). The normalized spacial score (nSPS) is 12.5. The summed E-state index contributed by atoms with van der Waals surface area (Å²) < 4.78 is 7.26. The van der Waals surface area contributed by atoms with Gasteiger partial charge in [-0.1, -0.05) is 12.1 Å². The minimum Gasteiger partial charge on any atom is -0.495 e. The van der Waals surface area contributed by atoms with E-state index in [9.17, 15) is 0 Å². The molecule has 0 fully saturated rings. The van der Waals surface area contributed by atoms with Crippen LogP contribution >= 0.6 is 0 Å². The van der Waals surface area contributed by atoms with E-state index < -0.39 is 0 Å². The quantitative estimate of drug-likeness (QED) is 0.786. The number of methoxy groups -OCH3 is 1. The first-order valence-electron chi connectivity index (χ1n) is 7.31. The molecule has 0 amide bonds. The van der Waals surface area contributed by atoms with E-state index in [4.69, 9.17) is 4.74 Å². The maximum atomic E-state index is 5.37. The lowest BCUT2D eigenvalue weighted by Crippen LogP contribution is -2.18. The molecule has 0 bridgehead atoms. The molecular formula is C17H20N4O. The molecule has 1 unspecified atom stereocenters. The Morgan fingerprint density at radius 3 is 2.95 bits per heavy atom. The summed E-state index contributed by atoms with van der Waals surface area (Å²) in [5, 5.41) is 8.97. The largest absolute Gasteiger partial charge is 0.495 e. The van der Waals surface area contributed by atoms with Gasteiger partial charge in [0.15, 0.2) is 0 Å². The summed E-state index contributed by atoms with van der Waals surface area (Å²) in [4.78, 5) is 4.09. The van der Waals surface area contributed by atoms with Crippen molar-refractivity contribution in [1.82, 2.24) is 20.1 Å². The van der Waals surface area contributed by atoms with Crippen LogP contribution in [0.1, 0.15) is 24.1 Å². The van der Waals surface area contributed by atoms with E-state index in [2.05, 4.69) is 40.5 Å².